The Hall–Kier alpha value is 0.205. The molecule has 0 fully saturated rings. The van der Waals surface area contributed by atoms with Gasteiger partial charge in [-0.05, 0) is 13.1 Å². The van der Waals surface area contributed by atoms with Gasteiger partial charge >= 0.3 is 37.7 Å². The molecule has 0 saturated carbocycles. The number of allylic oxidation sites excluding steroid dienone is 1. The Morgan fingerprint density at radius 1 is 1.44 bits per heavy atom. The summed E-state index contributed by atoms with van der Waals surface area (Å²) in [5.41, 5.74) is 0. The smallest absolute Gasteiger partial charge is 0.652 e. The molecule has 0 spiro atoms. The molecular weight excluding hydrogens is 110 g/mol. The second-order valence-electron chi connectivity index (χ2n) is 0.658. The van der Waals surface area contributed by atoms with E-state index in [1.54, 1.807) is 6.08 Å². The Morgan fingerprint density at radius 3 is 1.44 bits per heavy atom. The summed E-state index contributed by atoms with van der Waals surface area (Å²) in [5, 5.41) is 16.7. The van der Waals surface area contributed by atoms with Gasteiger partial charge < -0.3 is 15.0 Å². The molecule has 0 amide bonds. The average Bonchev–Trinajstić information content (AvgIpc) is 1.33. The van der Waals surface area contributed by atoms with E-state index in [0.717, 1.165) is 0 Å². The fourth-order valence-corrected chi connectivity index (χ4v) is 0. The molecule has 0 bridgehead atoms. The molecule has 0 unspecified atom stereocenters. The molecule has 0 aliphatic heterocycles. The second-order valence-corrected chi connectivity index (χ2v) is 0.658. The van der Waals surface area contributed by atoms with Gasteiger partial charge in [0.05, 0.1) is 0 Å². The minimum Gasteiger partial charge on any atom is -0.652 e. The van der Waals surface area contributed by atoms with Crippen LogP contribution in [0.2, 0.25) is 0 Å². The average molecular weight is 116 g/mol. The molecule has 5 heteroatoms. The zero-order valence-corrected chi connectivity index (χ0v) is 6.01. The van der Waals surface area contributed by atoms with Crippen LogP contribution in [0.3, 0.4) is 0 Å². The van der Waals surface area contributed by atoms with E-state index in [4.69, 9.17) is 15.0 Å². The van der Waals surface area contributed by atoms with Gasteiger partial charge in [-0.15, -0.1) is 6.58 Å². The Bertz CT molecular complexity index is 60.8. The molecule has 0 aromatic carbocycles. The van der Waals surface area contributed by atoms with Crippen LogP contribution in [0, 0.1) is 0 Å². The normalized spacial score (nSPS) is 4.11. The number of rotatable bonds is 0. The van der Waals surface area contributed by atoms with Crippen LogP contribution in [-0.2, 0) is 0 Å². The zero-order chi connectivity index (χ0) is 6.28. The van der Waals surface area contributed by atoms with Gasteiger partial charge in [0, 0.05) is 0 Å². The Balaban J connectivity index is -0.0000000233. The Kier molecular flexibility index (Phi) is 61.2. The predicted molar refractivity (Wildman–Crippen MR) is 21.3 cm³/mol. The summed E-state index contributed by atoms with van der Waals surface area (Å²) in [6, 6.07) is 0. The zero-order valence-electron chi connectivity index (χ0n) is 6.01. The van der Waals surface area contributed by atoms with Crippen LogP contribution in [0.5, 0.6) is 0 Å². The summed E-state index contributed by atoms with van der Waals surface area (Å²) in [7, 11) is 0. The molecule has 3 nitrogen and oxygen atoms in total. The molecule has 0 N–H and O–H groups in total. The van der Waals surface area contributed by atoms with Gasteiger partial charge in [-0.1, -0.05) is 6.08 Å². The number of carbonyl (C=O) groups is 1. The summed E-state index contributed by atoms with van der Waals surface area (Å²) in [6.45, 7) is 5.25. The summed E-state index contributed by atoms with van der Waals surface area (Å²) >= 11 is 0. The molecule has 0 aliphatic carbocycles. The van der Waals surface area contributed by atoms with Crippen LogP contribution in [0.1, 0.15) is 6.92 Å². The van der Waals surface area contributed by atoms with E-state index < -0.39 is 6.16 Å². The summed E-state index contributed by atoms with van der Waals surface area (Å²) in [6.07, 6.45) is -0.583. The van der Waals surface area contributed by atoms with Crippen molar-refractivity contribution in [2.75, 3.05) is 0 Å². The molecule has 0 aromatic heterocycles. The number of carbonyl (C=O) groups excluding carboxylic acids is 1. The topological polar surface area (TPSA) is 63.2 Å². The number of hydrogen-bond acceptors (Lipinski definition) is 3. The van der Waals surface area contributed by atoms with Crippen molar-refractivity contribution in [2.24, 2.45) is 0 Å². The number of carboxylic acid groups (broad SMARTS) is 2. The van der Waals surface area contributed by atoms with E-state index in [-0.39, 0.29) is 37.7 Å². The van der Waals surface area contributed by atoms with Gasteiger partial charge in [-0.2, -0.15) is 0 Å². The van der Waals surface area contributed by atoms with Crippen LogP contribution < -0.4 is 47.9 Å². The van der Waals surface area contributed by atoms with Crippen molar-refractivity contribution in [3.8, 4) is 0 Å². The van der Waals surface area contributed by atoms with Crippen molar-refractivity contribution in [1.29, 1.82) is 0 Å². The maximum atomic E-state index is 8.33. The number of hydrogen-bond donors (Lipinski definition) is 0. The van der Waals surface area contributed by atoms with Crippen molar-refractivity contribution in [2.45, 2.75) is 6.92 Å². The fraction of sp³-hybridized carbons (Fsp3) is 0.250. The van der Waals surface area contributed by atoms with E-state index in [1.807, 2.05) is 6.92 Å². The monoisotopic (exact) mass is 116 g/mol. The van der Waals surface area contributed by atoms with Crippen LogP contribution in [0.15, 0.2) is 12.7 Å². The van der Waals surface area contributed by atoms with Crippen LogP contribution >= 0.6 is 0 Å². The standard InChI is InChI=1S/C3H6.CH2O3.2Li/c1-3-2;2-1(3)4;;/h3H,1H2,2H3;(H2,2,3,4);;/q;;2*+1/p-2. The fourth-order valence-electron chi connectivity index (χ4n) is 0. The molecule has 0 radical (unpaired) electrons. The first kappa shape index (κ1) is 22.9. The quantitative estimate of drug-likeness (QED) is 0.233. The van der Waals surface area contributed by atoms with E-state index in [1.165, 1.54) is 0 Å². The molecular formula is C4H6Li2O3. The van der Waals surface area contributed by atoms with Gasteiger partial charge in [0.1, 0.15) is 0 Å². The SMILES string of the molecule is C=CC.O=C([O-])[O-].[Li+].[Li+]. The van der Waals surface area contributed by atoms with E-state index in [9.17, 15) is 0 Å². The minimum absolute atomic E-state index is 0. The van der Waals surface area contributed by atoms with E-state index in [2.05, 4.69) is 6.58 Å². The van der Waals surface area contributed by atoms with Gasteiger partial charge in [-0.25, -0.2) is 0 Å². The third-order valence-corrected chi connectivity index (χ3v) is 0. The third kappa shape index (κ3) is 7530. The maximum absolute atomic E-state index is 8.33. The van der Waals surface area contributed by atoms with Crippen molar-refractivity contribution in [1.82, 2.24) is 0 Å². The van der Waals surface area contributed by atoms with Gasteiger partial charge in [0.2, 0.25) is 0 Å². The largest absolute Gasteiger partial charge is 1.00 e. The van der Waals surface area contributed by atoms with Crippen molar-refractivity contribution in [3.63, 3.8) is 0 Å². The maximum Gasteiger partial charge on any atom is 1.00 e. The Morgan fingerprint density at radius 2 is 1.44 bits per heavy atom. The molecule has 0 atom stereocenters. The van der Waals surface area contributed by atoms with Gasteiger partial charge in [0.25, 0.3) is 0 Å². The van der Waals surface area contributed by atoms with Gasteiger partial charge in [0.15, 0.2) is 0 Å². The first-order chi connectivity index (χ1) is 3.15. The molecule has 0 aromatic rings. The second kappa shape index (κ2) is 24.1. The van der Waals surface area contributed by atoms with Crippen molar-refractivity contribution < 1.29 is 52.7 Å². The van der Waals surface area contributed by atoms with Gasteiger partial charge in [-0.3, -0.25) is 0 Å². The molecule has 42 valence electrons. The van der Waals surface area contributed by atoms with Crippen LogP contribution in [-0.4, -0.2) is 6.16 Å². The third-order valence-electron chi connectivity index (χ3n) is 0. The molecule has 0 aliphatic rings. The molecule has 0 saturated heterocycles. The first-order valence-electron chi connectivity index (χ1n) is 1.60. The molecule has 0 rings (SSSR count). The summed E-state index contributed by atoms with van der Waals surface area (Å²) in [5.74, 6) is 0. The van der Waals surface area contributed by atoms with Crippen molar-refractivity contribution >= 4 is 6.16 Å². The first-order valence-corrected chi connectivity index (χ1v) is 1.60. The van der Waals surface area contributed by atoms with E-state index in [0.29, 0.717) is 0 Å². The summed E-state index contributed by atoms with van der Waals surface area (Å²) in [4.78, 5) is 8.33. The molecule has 0 heterocycles. The van der Waals surface area contributed by atoms with E-state index >= 15 is 0 Å². The minimum atomic E-state index is -2.33. The molecule has 9 heavy (non-hydrogen) atoms. The van der Waals surface area contributed by atoms with Crippen LogP contribution in [0.25, 0.3) is 0 Å². The predicted octanol–water partition coefficient (Wildman–Crippen LogP) is -7.25. The van der Waals surface area contributed by atoms with Crippen molar-refractivity contribution in [3.05, 3.63) is 12.7 Å². The summed E-state index contributed by atoms with van der Waals surface area (Å²) < 4.78 is 0. The van der Waals surface area contributed by atoms with Crippen LogP contribution in [0.4, 0.5) is 4.79 Å². The Labute approximate surface area is 78.5 Å².